The molecule has 1 aromatic rings. The summed E-state index contributed by atoms with van der Waals surface area (Å²) < 4.78 is -1.07. The predicted octanol–water partition coefficient (Wildman–Crippen LogP) is 4.36. The molecule has 1 aliphatic carbocycles. The topological polar surface area (TPSA) is 49.4 Å². The van der Waals surface area contributed by atoms with Gasteiger partial charge in [-0.3, -0.25) is 9.59 Å². The third kappa shape index (κ3) is 3.71. The minimum Gasteiger partial charge on any atom is -0.333 e. The van der Waals surface area contributed by atoms with Gasteiger partial charge in [-0.25, -0.2) is 0 Å². The largest absolute Gasteiger partial charge is 0.333 e. The van der Waals surface area contributed by atoms with Gasteiger partial charge in [0.2, 0.25) is 11.8 Å². The SMILES string of the molecule is CCN(CC(=O)Nc1c(Cl)cccc1Cl)C(=O)C1(C)CC1(Cl)Cl. The summed E-state index contributed by atoms with van der Waals surface area (Å²) in [6, 6.07) is 4.91. The van der Waals surface area contributed by atoms with Crippen LogP contribution in [0.5, 0.6) is 0 Å². The van der Waals surface area contributed by atoms with Crippen molar-refractivity contribution in [2.24, 2.45) is 5.41 Å². The number of likely N-dealkylation sites (N-methyl/N-ethyl adjacent to an activating group) is 1. The number of hydrogen-bond acceptors (Lipinski definition) is 2. The average Bonchev–Trinajstić information content (AvgIpc) is 2.99. The van der Waals surface area contributed by atoms with Crippen LogP contribution in [0.1, 0.15) is 20.3 Å². The molecule has 8 heteroatoms. The van der Waals surface area contributed by atoms with Gasteiger partial charge in [0.05, 0.1) is 27.7 Å². The molecule has 1 aromatic carbocycles. The van der Waals surface area contributed by atoms with E-state index < -0.39 is 15.7 Å². The molecular formula is C15H16Cl4N2O2. The summed E-state index contributed by atoms with van der Waals surface area (Å²) >= 11 is 24.1. The number of rotatable bonds is 5. The number of hydrogen-bond donors (Lipinski definition) is 1. The van der Waals surface area contributed by atoms with Gasteiger partial charge < -0.3 is 10.2 Å². The number of carbonyl (C=O) groups excluding carboxylic acids is 2. The lowest BCUT2D eigenvalue weighted by Crippen LogP contribution is -2.42. The first-order valence-electron chi connectivity index (χ1n) is 7.03. The first-order valence-corrected chi connectivity index (χ1v) is 8.54. The Morgan fingerprint density at radius 1 is 1.26 bits per heavy atom. The monoisotopic (exact) mass is 396 g/mol. The molecule has 1 saturated carbocycles. The lowest BCUT2D eigenvalue weighted by Gasteiger charge is -2.25. The van der Waals surface area contributed by atoms with Crippen LogP contribution in [-0.4, -0.2) is 34.1 Å². The van der Waals surface area contributed by atoms with E-state index in [1.165, 1.54) is 4.90 Å². The quantitative estimate of drug-likeness (QED) is 0.750. The number of alkyl halides is 2. The number of nitrogens with one attached hydrogen (secondary N) is 1. The van der Waals surface area contributed by atoms with Crippen LogP contribution in [0.4, 0.5) is 5.69 Å². The first kappa shape index (κ1) is 18.7. The maximum Gasteiger partial charge on any atom is 0.244 e. The molecule has 2 rings (SSSR count). The number of halogens is 4. The number of anilines is 1. The Kier molecular flexibility index (Phi) is 5.41. The number of amides is 2. The van der Waals surface area contributed by atoms with Crippen molar-refractivity contribution in [2.45, 2.75) is 24.6 Å². The Labute approximate surface area is 155 Å². The van der Waals surface area contributed by atoms with Gasteiger partial charge in [0.25, 0.3) is 0 Å². The van der Waals surface area contributed by atoms with Gasteiger partial charge in [-0.15, -0.1) is 23.2 Å². The summed E-state index contributed by atoms with van der Waals surface area (Å²) in [7, 11) is 0. The molecule has 2 amide bonds. The Balaban J connectivity index is 2.05. The molecule has 126 valence electrons. The molecule has 4 nitrogen and oxygen atoms in total. The maximum atomic E-state index is 12.5. The van der Waals surface area contributed by atoms with Crippen LogP contribution in [0, 0.1) is 5.41 Å². The van der Waals surface area contributed by atoms with Gasteiger partial charge in [0.15, 0.2) is 0 Å². The molecule has 0 aliphatic heterocycles. The highest BCUT2D eigenvalue weighted by Gasteiger charge is 2.68. The Hall–Kier alpha value is -0.680. The number of nitrogens with zero attached hydrogens (tertiary/aromatic N) is 1. The number of benzene rings is 1. The Morgan fingerprint density at radius 3 is 2.22 bits per heavy atom. The molecule has 0 aromatic heterocycles. The summed E-state index contributed by atoms with van der Waals surface area (Å²) in [5, 5.41) is 3.29. The maximum absolute atomic E-state index is 12.5. The Bertz CT molecular complexity index is 630. The zero-order valence-electron chi connectivity index (χ0n) is 12.6. The van der Waals surface area contributed by atoms with Gasteiger partial charge in [-0.1, -0.05) is 29.3 Å². The fourth-order valence-corrected chi connectivity index (χ4v) is 3.47. The van der Waals surface area contributed by atoms with Crippen molar-refractivity contribution >= 4 is 63.9 Å². The van der Waals surface area contributed by atoms with Crippen molar-refractivity contribution in [3.8, 4) is 0 Å². The molecule has 23 heavy (non-hydrogen) atoms. The second kappa shape index (κ2) is 6.67. The smallest absolute Gasteiger partial charge is 0.244 e. The van der Waals surface area contributed by atoms with E-state index in [1.54, 1.807) is 32.0 Å². The fourth-order valence-electron chi connectivity index (χ4n) is 2.28. The normalized spacial score (nSPS) is 21.7. The summed E-state index contributed by atoms with van der Waals surface area (Å²) in [4.78, 5) is 26.1. The molecule has 1 unspecified atom stereocenters. The van der Waals surface area contributed by atoms with E-state index in [1.807, 2.05) is 0 Å². The van der Waals surface area contributed by atoms with Crippen molar-refractivity contribution in [1.82, 2.24) is 4.90 Å². The van der Waals surface area contributed by atoms with E-state index in [-0.39, 0.29) is 12.5 Å². The van der Waals surface area contributed by atoms with E-state index in [9.17, 15) is 9.59 Å². The molecule has 1 fully saturated rings. The van der Waals surface area contributed by atoms with Crippen LogP contribution < -0.4 is 5.32 Å². The Morgan fingerprint density at radius 2 is 1.78 bits per heavy atom. The number of para-hydroxylation sites is 1. The molecule has 0 heterocycles. The van der Waals surface area contributed by atoms with E-state index in [4.69, 9.17) is 46.4 Å². The van der Waals surface area contributed by atoms with Crippen LogP contribution in [-0.2, 0) is 9.59 Å². The second-order valence-corrected chi connectivity index (χ2v) is 7.98. The van der Waals surface area contributed by atoms with Crippen molar-refractivity contribution in [3.05, 3.63) is 28.2 Å². The summed E-state index contributed by atoms with van der Waals surface area (Å²) in [5.74, 6) is -0.639. The zero-order chi connectivity index (χ0) is 17.4. The fraction of sp³-hybridized carbons (Fsp3) is 0.467. The average molecular weight is 398 g/mol. The molecule has 1 aliphatic rings. The van der Waals surface area contributed by atoms with Gasteiger partial charge in [-0.05, 0) is 32.4 Å². The van der Waals surface area contributed by atoms with Gasteiger partial charge >= 0.3 is 0 Å². The molecule has 1 atom stereocenters. The molecule has 1 N–H and O–H groups in total. The van der Waals surface area contributed by atoms with Crippen molar-refractivity contribution in [1.29, 1.82) is 0 Å². The minimum absolute atomic E-state index is 0.129. The molecular weight excluding hydrogens is 382 g/mol. The van der Waals surface area contributed by atoms with Crippen molar-refractivity contribution in [2.75, 3.05) is 18.4 Å². The third-order valence-corrected chi connectivity index (χ3v) is 5.69. The molecule has 0 bridgehead atoms. The third-order valence-electron chi connectivity index (χ3n) is 3.96. The summed E-state index contributed by atoms with van der Waals surface area (Å²) in [6.45, 7) is 3.71. The van der Waals surface area contributed by atoms with E-state index in [0.717, 1.165) is 0 Å². The van der Waals surface area contributed by atoms with Gasteiger partial charge in [0, 0.05) is 6.54 Å². The van der Waals surface area contributed by atoms with Crippen molar-refractivity contribution in [3.63, 3.8) is 0 Å². The van der Waals surface area contributed by atoms with Crippen LogP contribution >= 0.6 is 46.4 Å². The van der Waals surface area contributed by atoms with Crippen LogP contribution in [0.25, 0.3) is 0 Å². The van der Waals surface area contributed by atoms with Crippen LogP contribution in [0.15, 0.2) is 18.2 Å². The molecule has 0 radical (unpaired) electrons. The minimum atomic E-state index is -1.07. The molecule has 0 saturated heterocycles. The van der Waals surface area contributed by atoms with Gasteiger partial charge in [0.1, 0.15) is 4.33 Å². The predicted molar refractivity (Wildman–Crippen MR) is 94.5 cm³/mol. The van der Waals surface area contributed by atoms with E-state index in [0.29, 0.717) is 28.7 Å². The van der Waals surface area contributed by atoms with Gasteiger partial charge in [-0.2, -0.15) is 0 Å². The van der Waals surface area contributed by atoms with Crippen LogP contribution in [0.3, 0.4) is 0 Å². The first-order chi connectivity index (χ1) is 10.6. The zero-order valence-corrected chi connectivity index (χ0v) is 15.7. The van der Waals surface area contributed by atoms with Crippen molar-refractivity contribution < 1.29 is 9.59 Å². The summed E-state index contributed by atoms with van der Waals surface area (Å²) in [5.41, 5.74) is -0.528. The highest BCUT2D eigenvalue weighted by molar-refractivity contribution is 6.53. The molecule has 0 spiro atoms. The van der Waals surface area contributed by atoms with E-state index >= 15 is 0 Å². The van der Waals surface area contributed by atoms with Crippen LogP contribution in [0.2, 0.25) is 10.0 Å². The summed E-state index contributed by atoms with van der Waals surface area (Å²) in [6.07, 6.45) is 0.371. The standard InChI is InChI=1S/C15H16Cl4N2O2/c1-3-21(13(23)14(2)8-15(14,18)19)7-11(22)20-12-9(16)5-4-6-10(12)17/h4-6H,3,7-8H2,1-2H3,(H,20,22). The lowest BCUT2D eigenvalue weighted by molar-refractivity contribution is -0.139. The van der Waals surface area contributed by atoms with E-state index in [2.05, 4.69) is 5.32 Å². The lowest BCUT2D eigenvalue weighted by atomic mass is 10.1. The number of carbonyl (C=O) groups is 2. The second-order valence-electron chi connectivity index (χ2n) is 5.68. The highest BCUT2D eigenvalue weighted by Crippen LogP contribution is 2.64. The highest BCUT2D eigenvalue weighted by atomic mass is 35.5.